The molecule has 8 nitrogen and oxygen atoms in total. The number of amides is 1. The Morgan fingerprint density at radius 1 is 1.29 bits per heavy atom. The molecule has 0 aliphatic carbocycles. The van der Waals surface area contributed by atoms with Crippen LogP contribution in [0.2, 0.25) is 0 Å². The maximum atomic E-state index is 12.1. The van der Waals surface area contributed by atoms with Crippen LogP contribution in [0.1, 0.15) is 32.1 Å². The molecule has 0 spiro atoms. The molecule has 2 fully saturated rings. The number of nitrogens with zero attached hydrogens (tertiary/aromatic N) is 3. The molecule has 1 amide bonds. The highest BCUT2D eigenvalue weighted by Crippen LogP contribution is 2.24. The van der Waals surface area contributed by atoms with Crippen molar-refractivity contribution < 1.29 is 14.3 Å². The van der Waals surface area contributed by atoms with E-state index in [1.165, 1.54) is 6.42 Å². The first-order valence-corrected chi connectivity index (χ1v) is 11.3. The zero-order valence-electron chi connectivity index (χ0n) is 19.1. The molecule has 3 rings (SSSR count). The summed E-state index contributed by atoms with van der Waals surface area (Å²) in [6.07, 6.45) is 5.74. The minimum absolute atomic E-state index is 0.0170. The summed E-state index contributed by atoms with van der Waals surface area (Å²) in [5.41, 5.74) is 1.16. The first-order chi connectivity index (χ1) is 15.0. The number of likely N-dealkylation sites (N-methyl/N-ethyl adjacent to an activating group) is 1. The fourth-order valence-corrected chi connectivity index (χ4v) is 3.95. The number of aliphatic imine (C=N–C) groups is 1. The van der Waals surface area contributed by atoms with Gasteiger partial charge in [0.15, 0.2) is 5.96 Å². The van der Waals surface area contributed by atoms with Crippen LogP contribution in [0.4, 0.5) is 5.69 Å². The van der Waals surface area contributed by atoms with Gasteiger partial charge in [-0.05, 0) is 44.2 Å². The van der Waals surface area contributed by atoms with Crippen LogP contribution >= 0.6 is 0 Å². The number of carbonyl (C=O) groups excluding carboxylic acids is 1. The molecule has 2 atom stereocenters. The Morgan fingerprint density at radius 2 is 2.16 bits per heavy atom. The minimum atomic E-state index is -0.0170. The SMILES string of the molecule is COc1cccc(N2CCCC(NC(=NCC(=O)N(C)C)NCC3CCCCO3)C2)c1. The topological polar surface area (TPSA) is 78.4 Å². The Hall–Kier alpha value is -2.48. The second kappa shape index (κ2) is 11.8. The third-order valence-corrected chi connectivity index (χ3v) is 5.82. The van der Waals surface area contributed by atoms with Crippen LogP contribution in [0.25, 0.3) is 0 Å². The Kier molecular flexibility index (Phi) is 8.82. The van der Waals surface area contributed by atoms with E-state index in [1.54, 1.807) is 26.1 Å². The molecule has 0 radical (unpaired) electrons. The summed E-state index contributed by atoms with van der Waals surface area (Å²) in [5, 5.41) is 6.97. The molecule has 2 heterocycles. The molecule has 172 valence electrons. The second-order valence-corrected chi connectivity index (χ2v) is 8.45. The van der Waals surface area contributed by atoms with Gasteiger partial charge in [-0.15, -0.1) is 0 Å². The molecule has 0 bridgehead atoms. The van der Waals surface area contributed by atoms with Crippen LogP contribution in [0.3, 0.4) is 0 Å². The number of methoxy groups -OCH3 is 1. The number of hydrogen-bond acceptors (Lipinski definition) is 5. The van der Waals surface area contributed by atoms with E-state index in [0.717, 1.165) is 56.8 Å². The number of piperidine rings is 1. The molecule has 1 aromatic carbocycles. The summed E-state index contributed by atoms with van der Waals surface area (Å²) in [6.45, 7) is 3.54. The second-order valence-electron chi connectivity index (χ2n) is 8.45. The van der Waals surface area contributed by atoms with Gasteiger partial charge < -0.3 is 29.9 Å². The predicted octanol–water partition coefficient (Wildman–Crippen LogP) is 1.86. The quantitative estimate of drug-likeness (QED) is 0.507. The Balaban J connectivity index is 1.62. The van der Waals surface area contributed by atoms with E-state index in [0.29, 0.717) is 12.5 Å². The third kappa shape index (κ3) is 7.31. The summed E-state index contributed by atoms with van der Waals surface area (Å²) in [4.78, 5) is 20.6. The molecule has 2 unspecified atom stereocenters. The number of anilines is 1. The summed E-state index contributed by atoms with van der Waals surface area (Å²) < 4.78 is 11.2. The van der Waals surface area contributed by atoms with Gasteiger partial charge in [0.1, 0.15) is 12.3 Å². The number of benzene rings is 1. The van der Waals surface area contributed by atoms with Crippen LogP contribution in [-0.2, 0) is 9.53 Å². The predicted molar refractivity (Wildman–Crippen MR) is 124 cm³/mol. The van der Waals surface area contributed by atoms with Gasteiger partial charge in [0.2, 0.25) is 5.91 Å². The molecule has 8 heteroatoms. The Bertz CT molecular complexity index is 734. The van der Waals surface area contributed by atoms with Gasteiger partial charge in [0.25, 0.3) is 0 Å². The van der Waals surface area contributed by atoms with E-state index in [9.17, 15) is 4.79 Å². The van der Waals surface area contributed by atoms with Crippen LogP contribution in [0.15, 0.2) is 29.3 Å². The molecule has 2 aliphatic rings. The first-order valence-electron chi connectivity index (χ1n) is 11.3. The first kappa shape index (κ1) is 23.2. The number of ether oxygens (including phenoxy) is 2. The van der Waals surface area contributed by atoms with Crippen molar-refractivity contribution in [3.05, 3.63) is 24.3 Å². The zero-order valence-corrected chi connectivity index (χ0v) is 19.1. The fraction of sp³-hybridized carbons (Fsp3) is 0.652. The Morgan fingerprint density at radius 3 is 2.90 bits per heavy atom. The standard InChI is InChI=1S/C23H37N5O3/c1-27(2)22(29)16-25-23(24-15-21-10-4-5-13-31-21)26-18-8-7-12-28(17-18)19-9-6-11-20(14-19)30-3/h6,9,11,14,18,21H,4-5,7-8,10,12-13,15-17H2,1-3H3,(H2,24,25,26). The maximum absolute atomic E-state index is 12.1. The molecule has 2 aliphatic heterocycles. The zero-order chi connectivity index (χ0) is 22.1. The lowest BCUT2D eigenvalue weighted by atomic mass is 10.0. The van der Waals surface area contributed by atoms with Crippen LogP contribution < -0.4 is 20.3 Å². The van der Waals surface area contributed by atoms with E-state index in [2.05, 4.69) is 32.7 Å². The summed E-state index contributed by atoms with van der Waals surface area (Å²) in [7, 11) is 5.20. The molecular weight excluding hydrogens is 394 g/mol. The van der Waals surface area contributed by atoms with Crippen molar-refractivity contribution in [2.75, 3.05) is 58.9 Å². The third-order valence-electron chi connectivity index (χ3n) is 5.82. The smallest absolute Gasteiger partial charge is 0.243 e. The molecule has 2 saturated heterocycles. The number of rotatable bonds is 7. The van der Waals surface area contributed by atoms with Crippen molar-refractivity contribution in [3.8, 4) is 5.75 Å². The van der Waals surface area contributed by atoms with Crippen molar-refractivity contribution in [1.29, 1.82) is 0 Å². The number of guanidine groups is 1. The van der Waals surface area contributed by atoms with Crippen molar-refractivity contribution in [1.82, 2.24) is 15.5 Å². The van der Waals surface area contributed by atoms with Crippen LogP contribution in [0.5, 0.6) is 5.75 Å². The highest BCUT2D eigenvalue weighted by molar-refractivity contribution is 5.85. The minimum Gasteiger partial charge on any atom is -0.497 e. The molecule has 0 saturated carbocycles. The van der Waals surface area contributed by atoms with E-state index >= 15 is 0 Å². The highest BCUT2D eigenvalue weighted by Gasteiger charge is 2.22. The van der Waals surface area contributed by atoms with Crippen molar-refractivity contribution in [3.63, 3.8) is 0 Å². The lowest BCUT2D eigenvalue weighted by molar-refractivity contribution is -0.127. The van der Waals surface area contributed by atoms with E-state index < -0.39 is 0 Å². The van der Waals surface area contributed by atoms with Gasteiger partial charge >= 0.3 is 0 Å². The van der Waals surface area contributed by atoms with Gasteiger partial charge in [-0.2, -0.15) is 0 Å². The number of nitrogens with one attached hydrogen (secondary N) is 2. The van der Waals surface area contributed by atoms with Gasteiger partial charge in [-0.25, -0.2) is 4.99 Å². The fourth-order valence-electron chi connectivity index (χ4n) is 3.95. The van der Waals surface area contributed by atoms with Gasteiger partial charge in [-0.3, -0.25) is 4.79 Å². The van der Waals surface area contributed by atoms with E-state index in [-0.39, 0.29) is 24.6 Å². The summed E-state index contributed by atoms with van der Waals surface area (Å²) >= 11 is 0. The van der Waals surface area contributed by atoms with Gasteiger partial charge in [-0.1, -0.05) is 6.07 Å². The highest BCUT2D eigenvalue weighted by atomic mass is 16.5. The van der Waals surface area contributed by atoms with Crippen LogP contribution in [-0.4, -0.2) is 82.9 Å². The monoisotopic (exact) mass is 431 g/mol. The van der Waals surface area contributed by atoms with Crippen molar-refractivity contribution in [2.24, 2.45) is 4.99 Å². The molecule has 31 heavy (non-hydrogen) atoms. The van der Waals surface area contributed by atoms with E-state index in [1.807, 2.05) is 12.1 Å². The largest absolute Gasteiger partial charge is 0.497 e. The van der Waals surface area contributed by atoms with E-state index in [4.69, 9.17) is 9.47 Å². The Labute approximate surface area is 186 Å². The average molecular weight is 432 g/mol. The average Bonchev–Trinajstić information content (AvgIpc) is 2.81. The summed E-state index contributed by atoms with van der Waals surface area (Å²) in [5.74, 6) is 1.53. The molecule has 2 N–H and O–H groups in total. The summed E-state index contributed by atoms with van der Waals surface area (Å²) in [6, 6.07) is 8.43. The lowest BCUT2D eigenvalue weighted by Crippen LogP contribution is -2.52. The van der Waals surface area contributed by atoms with Gasteiger partial charge in [0, 0.05) is 58.1 Å². The molecular formula is C23H37N5O3. The van der Waals surface area contributed by atoms with Crippen molar-refractivity contribution >= 4 is 17.6 Å². The molecule has 1 aromatic rings. The maximum Gasteiger partial charge on any atom is 0.243 e. The normalized spacial score (nSPS) is 22.0. The number of carbonyl (C=O) groups is 1. The lowest BCUT2D eigenvalue weighted by Gasteiger charge is -2.35. The number of hydrogen-bond donors (Lipinski definition) is 2. The van der Waals surface area contributed by atoms with Crippen molar-refractivity contribution in [2.45, 2.75) is 44.2 Å². The molecule has 0 aromatic heterocycles. The van der Waals surface area contributed by atoms with Crippen LogP contribution in [0, 0.1) is 0 Å². The van der Waals surface area contributed by atoms with Gasteiger partial charge in [0.05, 0.1) is 13.2 Å².